The monoisotopic (exact) mass is 256 g/mol. The third kappa shape index (κ3) is 3.15. The van der Waals surface area contributed by atoms with Crippen molar-refractivity contribution in [1.29, 1.82) is 0 Å². The van der Waals surface area contributed by atoms with Crippen LogP contribution >= 0.6 is 0 Å². The standard InChI is InChI=1S/C13H24N2O3/c1-11(2,9(16)17)12(3,4)15-10(18)14-8-13(5)6-7-13/h6-8H2,1-5H3,(H,16,17)(H2,14,15,18). The lowest BCUT2D eigenvalue weighted by atomic mass is 9.74. The fourth-order valence-electron chi connectivity index (χ4n) is 1.44. The molecule has 0 atom stereocenters. The maximum atomic E-state index is 11.8. The Kier molecular flexibility index (Phi) is 3.65. The fourth-order valence-corrected chi connectivity index (χ4v) is 1.44. The normalized spacial score (nSPS) is 18.1. The second-order valence-corrected chi connectivity index (χ2v) is 6.67. The number of aliphatic carboxylic acids is 1. The average molecular weight is 256 g/mol. The van der Waals surface area contributed by atoms with Crippen molar-refractivity contribution >= 4 is 12.0 Å². The first kappa shape index (κ1) is 14.8. The highest BCUT2D eigenvalue weighted by Crippen LogP contribution is 2.44. The molecular weight excluding hydrogens is 232 g/mol. The van der Waals surface area contributed by atoms with Crippen molar-refractivity contribution in [3.05, 3.63) is 0 Å². The van der Waals surface area contributed by atoms with Crippen LogP contribution in [0.3, 0.4) is 0 Å². The fraction of sp³-hybridized carbons (Fsp3) is 0.846. The summed E-state index contributed by atoms with van der Waals surface area (Å²) in [6.07, 6.45) is 2.27. The van der Waals surface area contributed by atoms with Gasteiger partial charge in [0, 0.05) is 6.54 Å². The van der Waals surface area contributed by atoms with Gasteiger partial charge in [0.25, 0.3) is 0 Å². The van der Waals surface area contributed by atoms with Crippen molar-refractivity contribution in [2.24, 2.45) is 10.8 Å². The van der Waals surface area contributed by atoms with Gasteiger partial charge in [0.05, 0.1) is 11.0 Å². The van der Waals surface area contributed by atoms with E-state index in [4.69, 9.17) is 0 Å². The largest absolute Gasteiger partial charge is 0.481 e. The van der Waals surface area contributed by atoms with E-state index < -0.39 is 16.9 Å². The van der Waals surface area contributed by atoms with Gasteiger partial charge in [0.1, 0.15) is 0 Å². The van der Waals surface area contributed by atoms with Gasteiger partial charge >= 0.3 is 12.0 Å². The molecular formula is C13H24N2O3. The summed E-state index contributed by atoms with van der Waals surface area (Å²) >= 11 is 0. The van der Waals surface area contributed by atoms with Crippen molar-refractivity contribution in [1.82, 2.24) is 10.6 Å². The van der Waals surface area contributed by atoms with Gasteiger partial charge in [-0.2, -0.15) is 0 Å². The summed E-state index contributed by atoms with van der Waals surface area (Å²) < 4.78 is 0. The van der Waals surface area contributed by atoms with Crippen LogP contribution in [0.5, 0.6) is 0 Å². The second-order valence-electron chi connectivity index (χ2n) is 6.67. The minimum Gasteiger partial charge on any atom is -0.481 e. The lowest BCUT2D eigenvalue weighted by Gasteiger charge is -2.38. The number of amides is 2. The molecule has 0 radical (unpaired) electrons. The van der Waals surface area contributed by atoms with Crippen LogP contribution in [0.15, 0.2) is 0 Å². The third-order valence-electron chi connectivity index (χ3n) is 4.30. The first-order valence-electron chi connectivity index (χ1n) is 6.30. The zero-order chi connectivity index (χ0) is 14.2. The van der Waals surface area contributed by atoms with Crippen LogP contribution in [-0.2, 0) is 4.79 Å². The van der Waals surface area contributed by atoms with Gasteiger partial charge in [-0.1, -0.05) is 6.92 Å². The van der Waals surface area contributed by atoms with E-state index in [0.29, 0.717) is 6.54 Å². The van der Waals surface area contributed by atoms with Crippen LogP contribution in [-0.4, -0.2) is 29.2 Å². The van der Waals surface area contributed by atoms with Crippen molar-refractivity contribution in [3.8, 4) is 0 Å². The molecule has 0 spiro atoms. The van der Waals surface area contributed by atoms with Gasteiger partial charge in [-0.25, -0.2) is 4.79 Å². The van der Waals surface area contributed by atoms with Gasteiger partial charge in [0.15, 0.2) is 0 Å². The minimum atomic E-state index is -1.03. The number of rotatable bonds is 5. The molecule has 0 bridgehead atoms. The van der Waals surface area contributed by atoms with Gasteiger partial charge in [0.2, 0.25) is 0 Å². The van der Waals surface area contributed by atoms with Crippen LogP contribution in [0, 0.1) is 10.8 Å². The van der Waals surface area contributed by atoms with Gasteiger partial charge in [-0.05, 0) is 46.0 Å². The molecule has 1 rings (SSSR count). The van der Waals surface area contributed by atoms with E-state index >= 15 is 0 Å². The SMILES string of the molecule is CC1(CNC(=O)NC(C)(C)C(C)(C)C(=O)O)CC1. The number of hydrogen-bond acceptors (Lipinski definition) is 2. The Balaban J connectivity index is 2.53. The molecule has 0 aliphatic heterocycles. The molecule has 1 aliphatic carbocycles. The maximum Gasteiger partial charge on any atom is 0.315 e. The molecule has 5 nitrogen and oxygen atoms in total. The molecule has 104 valence electrons. The van der Waals surface area contributed by atoms with E-state index in [1.165, 1.54) is 0 Å². The first-order chi connectivity index (χ1) is 8.00. The summed E-state index contributed by atoms with van der Waals surface area (Å²) in [4.78, 5) is 23.0. The molecule has 5 heteroatoms. The number of hydrogen-bond donors (Lipinski definition) is 3. The Morgan fingerprint density at radius 1 is 1.22 bits per heavy atom. The number of carboxylic acid groups (broad SMARTS) is 1. The molecule has 0 heterocycles. The van der Waals surface area contributed by atoms with E-state index in [9.17, 15) is 14.7 Å². The summed E-state index contributed by atoms with van der Waals surface area (Å²) in [7, 11) is 0. The summed E-state index contributed by atoms with van der Waals surface area (Å²) in [5.74, 6) is -0.929. The zero-order valence-corrected chi connectivity index (χ0v) is 11.9. The Morgan fingerprint density at radius 2 is 1.72 bits per heavy atom. The molecule has 18 heavy (non-hydrogen) atoms. The van der Waals surface area contributed by atoms with E-state index in [1.54, 1.807) is 27.7 Å². The Morgan fingerprint density at radius 3 is 2.11 bits per heavy atom. The van der Waals surface area contributed by atoms with Crippen LogP contribution in [0.2, 0.25) is 0 Å². The number of carbonyl (C=O) groups is 2. The van der Waals surface area contributed by atoms with Crippen LogP contribution in [0.1, 0.15) is 47.5 Å². The number of nitrogens with one attached hydrogen (secondary N) is 2. The van der Waals surface area contributed by atoms with E-state index in [2.05, 4.69) is 17.6 Å². The molecule has 2 amide bonds. The van der Waals surface area contributed by atoms with Crippen LogP contribution < -0.4 is 10.6 Å². The van der Waals surface area contributed by atoms with Crippen molar-refractivity contribution in [2.45, 2.75) is 53.0 Å². The number of carbonyl (C=O) groups excluding carboxylic acids is 1. The Labute approximate surface area is 108 Å². The highest BCUT2D eigenvalue weighted by molar-refractivity contribution is 5.79. The molecule has 0 aromatic rings. The third-order valence-corrected chi connectivity index (χ3v) is 4.30. The van der Waals surface area contributed by atoms with Crippen molar-refractivity contribution in [3.63, 3.8) is 0 Å². The highest BCUT2D eigenvalue weighted by Gasteiger charge is 2.45. The molecule has 0 aromatic heterocycles. The average Bonchev–Trinajstić information content (AvgIpc) is 2.93. The lowest BCUT2D eigenvalue weighted by molar-refractivity contribution is -0.150. The molecule has 1 saturated carbocycles. The Hall–Kier alpha value is -1.26. The lowest BCUT2D eigenvalue weighted by Crippen LogP contribution is -2.59. The molecule has 1 aliphatic rings. The molecule has 0 unspecified atom stereocenters. The quantitative estimate of drug-likeness (QED) is 0.703. The summed E-state index contributed by atoms with van der Waals surface area (Å²) in [6, 6.07) is -0.303. The van der Waals surface area contributed by atoms with Crippen molar-refractivity contribution in [2.75, 3.05) is 6.54 Å². The van der Waals surface area contributed by atoms with Crippen LogP contribution in [0.4, 0.5) is 4.79 Å². The van der Waals surface area contributed by atoms with E-state index in [0.717, 1.165) is 12.8 Å². The summed E-state index contributed by atoms with van der Waals surface area (Å²) in [5, 5.41) is 14.7. The highest BCUT2D eigenvalue weighted by atomic mass is 16.4. The van der Waals surface area contributed by atoms with Crippen molar-refractivity contribution < 1.29 is 14.7 Å². The summed E-state index contributed by atoms with van der Waals surface area (Å²) in [6.45, 7) is 9.43. The summed E-state index contributed by atoms with van der Waals surface area (Å²) in [5.41, 5.74) is -1.62. The molecule has 0 aromatic carbocycles. The predicted octanol–water partition coefficient (Wildman–Crippen LogP) is 1.98. The van der Waals surface area contributed by atoms with Crippen LogP contribution in [0.25, 0.3) is 0 Å². The second kappa shape index (κ2) is 4.44. The minimum absolute atomic E-state index is 0.240. The van der Waals surface area contributed by atoms with E-state index in [1.807, 2.05) is 0 Å². The number of urea groups is 1. The maximum absolute atomic E-state index is 11.8. The first-order valence-corrected chi connectivity index (χ1v) is 6.30. The van der Waals surface area contributed by atoms with Gasteiger partial charge < -0.3 is 15.7 Å². The smallest absolute Gasteiger partial charge is 0.315 e. The predicted molar refractivity (Wildman–Crippen MR) is 69.4 cm³/mol. The molecule has 3 N–H and O–H groups in total. The van der Waals surface area contributed by atoms with Gasteiger partial charge in [-0.3, -0.25) is 4.79 Å². The van der Waals surface area contributed by atoms with E-state index in [-0.39, 0.29) is 11.4 Å². The number of carboxylic acids is 1. The Bertz CT molecular complexity index is 357. The molecule has 0 saturated heterocycles. The topological polar surface area (TPSA) is 78.4 Å². The zero-order valence-electron chi connectivity index (χ0n) is 11.9. The van der Waals surface area contributed by atoms with Gasteiger partial charge in [-0.15, -0.1) is 0 Å². The molecule has 1 fully saturated rings.